The summed E-state index contributed by atoms with van der Waals surface area (Å²) in [4.78, 5) is 49.6. The molecule has 0 spiro atoms. The molecule has 34 heavy (non-hydrogen) atoms. The first-order chi connectivity index (χ1) is 16.0. The molecular weight excluding hydrogens is 434 g/mol. The minimum Gasteiger partial charge on any atom is -0.445 e. The third-order valence-electron chi connectivity index (χ3n) is 4.93. The lowest BCUT2D eigenvalue weighted by Gasteiger charge is -2.26. The van der Waals surface area contributed by atoms with Gasteiger partial charge in [-0.1, -0.05) is 63.6 Å². The molecule has 3 amide bonds. The number of hydrogen-bond acceptors (Lipinski definition) is 5. The zero-order valence-electron chi connectivity index (χ0n) is 20.9. The number of rotatable bonds is 14. The van der Waals surface area contributed by atoms with E-state index in [-0.39, 0.29) is 18.4 Å². The van der Waals surface area contributed by atoms with Crippen LogP contribution in [0.2, 0.25) is 0 Å². The van der Waals surface area contributed by atoms with Gasteiger partial charge < -0.3 is 25.5 Å². The van der Waals surface area contributed by atoms with Crippen molar-refractivity contribution in [3.8, 4) is 0 Å². The molecule has 0 fully saturated rings. The van der Waals surface area contributed by atoms with E-state index in [4.69, 9.17) is 4.74 Å². The Morgan fingerprint density at radius 2 is 1.44 bits per heavy atom. The van der Waals surface area contributed by atoms with Gasteiger partial charge in [0.25, 0.3) is 0 Å². The smallest absolute Gasteiger partial charge is 0.408 e. The number of carbonyl (C=O) groups is 4. The highest BCUT2D eigenvalue weighted by molar-refractivity contribution is 5.92. The van der Waals surface area contributed by atoms with Crippen molar-refractivity contribution in [2.75, 3.05) is 0 Å². The van der Waals surface area contributed by atoms with Crippen molar-refractivity contribution >= 4 is 24.2 Å². The molecule has 1 rings (SSSR count). The number of carbonyl (C=O) groups excluding carboxylic acids is 4. The molecule has 3 atom stereocenters. The quantitative estimate of drug-likeness (QED) is 0.283. The maximum absolute atomic E-state index is 13.1. The van der Waals surface area contributed by atoms with E-state index in [1.807, 2.05) is 58.0 Å². The third kappa shape index (κ3) is 11.6. The first-order valence-electron chi connectivity index (χ1n) is 11.7. The summed E-state index contributed by atoms with van der Waals surface area (Å²) < 4.78 is 5.25. The molecular formula is C26H39N3O5. The number of aldehydes is 1. The summed E-state index contributed by atoms with van der Waals surface area (Å²) in [7, 11) is 0. The van der Waals surface area contributed by atoms with Crippen molar-refractivity contribution in [1.29, 1.82) is 0 Å². The van der Waals surface area contributed by atoms with E-state index in [0.29, 0.717) is 25.5 Å². The van der Waals surface area contributed by atoms with E-state index in [1.165, 1.54) is 0 Å². The molecule has 0 aliphatic heterocycles. The average molecular weight is 474 g/mol. The number of hydrogen-bond donors (Lipinski definition) is 3. The molecule has 188 valence electrons. The molecule has 8 nitrogen and oxygen atoms in total. The van der Waals surface area contributed by atoms with Crippen LogP contribution in [-0.2, 0) is 25.7 Å². The molecule has 0 saturated heterocycles. The Morgan fingerprint density at radius 1 is 0.912 bits per heavy atom. The Kier molecular flexibility index (Phi) is 12.6. The van der Waals surface area contributed by atoms with Crippen LogP contribution in [0.25, 0.3) is 0 Å². The molecule has 0 radical (unpaired) electrons. The van der Waals surface area contributed by atoms with E-state index in [1.54, 1.807) is 6.92 Å². The van der Waals surface area contributed by atoms with Crippen LogP contribution >= 0.6 is 0 Å². The minimum atomic E-state index is -0.872. The van der Waals surface area contributed by atoms with Gasteiger partial charge in [-0.15, -0.1) is 6.58 Å². The topological polar surface area (TPSA) is 114 Å². The van der Waals surface area contributed by atoms with Gasteiger partial charge in [-0.2, -0.15) is 0 Å². The van der Waals surface area contributed by atoms with Gasteiger partial charge in [0, 0.05) is 0 Å². The fraction of sp³-hybridized carbons (Fsp3) is 0.538. The van der Waals surface area contributed by atoms with Crippen LogP contribution < -0.4 is 16.0 Å². The van der Waals surface area contributed by atoms with Gasteiger partial charge in [0.1, 0.15) is 25.0 Å². The highest BCUT2D eigenvalue weighted by atomic mass is 16.5. The van der Waals surface area contributed by atoms with Gasteiger partial charge in [0.2, 0.25) is 11.8 Å². The SMILES string of the molecule is C=C(C)C[C@H](C=O)NC(=O)[C@H](CC(C)C)NC(=O)[C@@H](CC(C)C)NC(=O)OCc1ccccc1. The second-order valence-electron chi connectivity index (χ2n) is 9.49. The summed E-state index contributed by atoms with van der Waals surface area (Å²) >= 11 is 0. The summed E-state index contributed by atoms with van der Waals surface area (Å²) in [5.41, 5.74) is 1.59. The maximum atomic E-state index is 13.1. The van der Waals surface area contributed by atoms with Gasteiger partial charge in [0.15, 0.2) is 0 Å². The molecule has 1 aromatic rings. The highest BCUT2D eigenvalue weighted by Gasteiger charge is 2.29. The minimum absolute atomic E-state index is 0.0802. The van der Waals surface area contributed by atoms with E-state index >= 15 is 0 Å². The van der Waals surface area contributed by atoms with Crippen LogP contribution in [0.4, 0.5) is 4.79 Å². The number of alkyl carbamates (subject to hydrolysis) is 1. The van der Waals surface area contributed by atoms with Gasteiger partial charge in [0.05, 0.1) is 6.04 Å². The second kappa shape index (κ2) is 14.9. The molecule has 0 aromatic heterocycles. The van der Waals surface area contributed by atoms with Gasteiger partial charge in [-0.05, 0) is 43.6 Å². The predicted molar refractivity (Wildman–Crippen MR) is 132 cm³/mol. The predicted octanol–water partition coefficient (Wildman–Crippen LogP) is 3.51. The number of benzene rings is 1. The van der Waals surface area contributed by atoms with E-state index in [0.717, 1.165) is 11.1 Å². The first kappa shape index (κ1) is 28.9. The normalized spacial score (nSPS) is 13.5. The van der Waals surface area contributed by atoms with Crippen molar-refractivity contribution in [3.05, 3.63) is 48.0 Å². The zero-order valence-corrected chi connectivity index (χ0v) is 20.9. The summed E-state index contributed by atoms with van der Waals surface area (Å²) in [5, 5.41) is 8.05. The molecule has 0 bridgehead atoms. The summed E-state index contributed by atoms with van der Waals surface area (Å²) in [6, 6.07) is 6.79. The van der Waals surface area contributed by atoms with Crippen molar-refractivity contribution in [2.45, 2.75) is 78.6 Å². The maximum Gasteiger partial charge on any atom is 0.408 e. The van der Waals surface area contributed by atoms with Crippen LogP contribution in [0.3, 0.4) is 0 Å². The van der Waals surface area contributed by atoms with Crippen LogP contribution in [0.15, 0.2) is 42.5 Å². The van der Waals surface area contributed by atoms with Crippen LogP contribution in [0.5, 0.6) is 0 Å². The molecule has 0 saturated carbocycles. The molecule has 0 unspecified atom stereocenters. The summed E-state index contributed by atoms with van der Waals surface area (Å²) in [6.07, 6.45) is 1.02. The van der Waals surface area contributed by atoms with Crippen molar-refractivity contribution in [1.82, 2.24) is 16.0 Å². The Labute approximate surface area is 202 Å². The largest absolute Gasteiger partial charge is 0.445 e. The molecule has 0 heterocycles. The third-order valence-corrected chi connectivity index (χ3v) is 4.93. The zero-order chi connectivity index (χ0) is 25.7. The summed E-state index contributed by atoms with van der Waals surface area (Å²) in [5.74, 6) is -0.708. The van der Waals surface area contributed by atoms with E-state index in [2.05, 4.69) is 22.5 Å². The number of amides is 3. The molecule has 0 aliphatic rings. The fourth-order valence-electron chi connectivity index (χ4n) is 3.38. The van der Waals surface area contributed by atoms with Crippen molar-refractivity contribution in [3.63, 3.8) is 0 Å². The van der Waals surface area contributed by atoms with Crippen LogP contribution in [0.1, 0.15) is 59.4 Å². The van der Waals surface area contributed by atoms with E-state index in [9.17, 15) is 19.2 Å². The molecule has 3 N–H and O–H groups in total. The molecule has 8 heteroatoms. The standard InChI is InChI=1S/C26H39N3O5/c1-17(2)12-21(15-30)27-24(31)22(13-18(3)4)28-25(32)23(14-19(5)6)29-26(33)34-16-20-10-8-7-9-11-20/h7-11,15,18-19,21-23H,1,12-14,16H2,2-6H3,(H,27,31)(H,28,32)(H,29,33)/t21-,22+,23-/m1/s1. The summed E-state index contributed by atoms with van der Waals surface area (Å²) in [6.45, 7) is 13.4. The van der Waals surface area contributed by atoms with Gasteiger partial charge in [-0.3, -0.25) is 9.59 Å². The fourth-order valence-corrected chi connectivity index (χ4v) is 3.38. The Bertz CT molecular complexity index is 823. The Morgan fingerprint density at radius 3 is 1.94 bits per heavy atom. The number of nitrogens with one attached hydrogen (secondary N) is 3. The lowest BCUT2D eigenvalue weighted by molar-refractivity contribution is -0.131. The molecule has 0 aliphatic carbocycles. The second-order valence-corrected chi connectivity index (χ2v) is 9.49. The lowest BCUT2D eigenvalue weighted by Crippen LogP contribution is -2.55. The number of ether oxygens (including phenoxy) is 1. The Balaban J connectivity index is 2.85. The molecule has 1 aromatic carbocycles. The van der Waals surface area contributed by atoms with Gasteiger partial charge in [-0.25, -0.2) is 4.79 Å². The van der Waals surface area contributed by atoms with Crippen LogP contribution in [-0.4, -0.2) is 42.3 Å². The Hall–Kier alpha value is -3.16. The van der Waals surface area contributed by atoms with E-state index < -0.39 is 36.0 Å². The lowest BCUT2D eigenvalue weighted by atomic mass is 9.99. The average Bonchev–Trinajstić information content (AvgIpc) is 2.76. The van der Waals surface area contributed by atoms with Crippen LogP contribution in [0, 0.1) is 11.8 Å². The van der Waals surface area contributed by atoms with Crippen molar-refractivity contribution < 1.29 is 23.9 Å². The first-order valence-corrected chi connectivity index (χ1v) is 11.7. The monoisotopic (exact) mass is 473 g/mol. The van der Waals surface area contributed by atoms with Crippen molar-refractivity contribution in [2.24, 2.45) is 11.8 Å². The van der Waals surface area contributed by atoms with Gasteiger partial charge >= 0.3 is 6.09 Å². The highest BCUT2D eigenvalue weighted by Crippen LogP contribution is 2.10.